The summed E-state index contributed by atoms with van der Waals surface area (Å²) in [7, 11) is 1.58. The molecule has 3 rings (SSSR count). The van der Waals surface area contributed by atoms with Crippen molar-refractivity contribution in [2.45, 2.75) is 44.6 Å². The molecule has 2 unspecified atom stereocenters. The van der Waals surface area contributed by atoms with Crippen LogP contribution in [0.2, 0.25) is 0 Å². The van der Waals surface area contributed by atoms with Crippen LogP contribution in [-0.2, 0) is 16.1 Å². The number of hydrogen-bond acceptors (Lipinski definition) is 5. The van der Waals surface area contributed by atoms with Gasteiger partial charge in [-0.3, -0.25) is 9.69 Å². The predicted molar refractivity (Wildman–Crippen MR) is 89.9 cm³/mol. The summed E-state index contributed by atoms with van der Waals surface area (Å²) in [6.45, 7) is 1.52. The van der Waals surface area contributed by atoms with Crippen LogP contribution in [0.1, 0.15) is 31.2 Å². The van der Waals surface area contributed by atoms with Crippen molar-refractivity contribution in [3.63, 3.8) is 0 Å². The van der Waals surface area contributed by atoms with E-state index in [2.05, 4.69) is 0 Å². The molecule has 2 amide bonds. The first kappa shape index (κ1) is 17.5. The average molecular weight is 348 g/mol. The second-order valence-corrected chi connectivity index (χ2v) is 6.42. The highest BCUT2D eigenvalue weighted by Gasteiger charge is 2.43. The molecule has 2 aliphatic rings. The molecule has 136 valence electrons. The zero-order chi connectivity index (χ0) is 17.8. The van der Waals surface area contributed by atoms with Crippen molar-refractivity contribution in [3.8, 4) is 5.75 Å². The number of amides is 2. The van der Waals surface area contributed by atoms with Crippen LogP contribution in [0.25, 0.3) is 0 Å². The maximum atomic E-state index is 12.6. The number of ether oxygens (including phenoxy) is 2. The SMILES string of the molecule is COc1ccc(COC(=O)N2C(O)CCC2C(=O)N2CCCC2)cc1. The summed E-state index contributed by atoms with van der Waals surface area (Å²) in [6, 6.07) is 6.55. The maximum absolute atomic E-state index is 12.6. The molecule has 2 heterocycles. The van der Waals surface area contributed by atoms with Crippen molar-refractivity contribution in [2.24, 2.45) is 0 Å². The molecule has 2 saturated heterocycles. The van der Waals surface area contributed by atoms with Crippen molar-refractivity contribution in [1.29, 1.82) is 0 Å². The minimum absolute atomic E-state index is 0.0800. The summed E-state index contributed by atoms with van der Waals surface area (Å²) in [4.78, 5) is 28.0. The van der Waals surface area contributed by atoms with Gasteiger partial charge in [0.25, 0.3) is 0 Å². The van der Waals surface area contributed by atoms with Crippen LogP contribution < -0.4 is 4.74 Å². The number of hydrogen-bond donors (Lipinski definition) is 1. The Hall–Kier alpha value is -2.28. The molecule has 0 spiro atoms. The van der Waals surface area contributed by atoms with Gasteiger partial charge in [0.05, 0.1) is 7.11 Å². The first-order chi connectivity index (χ1) is 12.1. The van der Waals surface area contributed by atoms with E-state index in [9.17, 15) is 14.7 Å². The molecule has 0 aliphatic carbocycles. The van der Waals surface area contributed by atoms with Crippen molar-refractivity contribution in [3.05, 3.63) is 29.8 Å². The second kappa shape index (κ2) is 7.74. The molecule has 2 fully saturated rings. The Morgan fingerprint density at radius 3 is 2.48 bits per heavy atom. The van der Waals surface area contributed by atoms with E-state index in [1.54, 1.807) is 36.3 Å². The lowest BCUT2D eigenvalue weighted by Crippen LogP contribution is -2.49. The fourth-order valence-corrected chi connectivity index (χ4v) is 3.37. The van der Waals surface area contributed by atoms with Gasteiger partial charge in [0.1, 0.15) is 24.6 Å². The zero-order valence-corrected chi connectivity index (χ0v) is 14.4. The highest BCUT2D eigenvalue weighted by molar-refractivity contribution is 5.86. The van der Waals surface area contributed by atoms with E-state index in [1.165, 1.54) is 4.90 Å². The normalized spacial score (nSPS) is 23.0. The molecule has 2 atom stereocenters. The van der Waals surface area contributed by atoms with Crippen molar-refractivity contribution in [1.82, 2.24) is 9.80 Å². The third kappa shape index (κ3) is 3.87. The van der Waals surface area contributed by atoms with E-state index < -0.39 is 18.4 Å². The van der Waals surface area contributed by atoms with Crippen molar-refractivity contribution < 1.29 is 24.2 Å². The van der Waals surface area contributed by atoms with E-state index >= 15 is 0 Å². The van der Waals surface area contributed by atoms with Crippen molar-refractivity contribution >= 4 is 12.0 Å². The number of rotatable bonds is 4. The molecular weight excluding hydrogens is 324 g/mol. The van der Waals surface area contributed by atoms with E-state index in [1.807, 2.05) is 0 Å². The van der Waals surface area contributed by atoms with E-state index in [-0.39, 0.29) is 12.5 Å². The van der Waals surface area contributed by atoms with Gasteiger partial charge in [-0.05, 0) is 43.4 Å². The van der Waals surface area contributed by atoms with Gasteiger partial charge in [-0.2, -0.15) is 0 Å². The quantitative estimate of drug-likeness (QED) is 0.896. The molecule has 25 heavy (non-hydrogen) atoms. The largest absolute Gasteiger partial charge is 0.497 e. The number of carbonyl (C=O) groups is 2. The lowest BCUT2D eigenvalue weighted by molar-refractivity contribution is -0.136. The van der Waals surface area contributed by atoms with Gasteiger partial charge >= 0.3 is 6.09 Å². The number of likely N-dealkylation sites (tertiary alicyclic amines) is 2. The number of nitrogens with zero attached hydrogens (tertiary/aromatic N) is 2. The number of aliphatic hydroxyl groups excluding tert-OH is 1. The molecule has 0 radical (unpaired) electrons. The van der Waals surface area contributed by atoms with E-state index in [0.717, 1.165) is 37.2 Å². The smallest absolute Gasteiger partial charge is 0.412 e. The maximum Gasteiger partial charge on any atom is 0.412 e. The van der Waals surface area contributed by atoms with Gasteiger partial charge in [-0.25, -0.2) is 4.79 Å². The first-order valence-corrected chi connectivity index (χ1v) is 8.65. The Kier molecular flexibility index (Phi) is 5.43. The van der Waals surface area contributed by atoms with Crippen LogP contribution in [0.15, 0.2) is 24.3 Å². The first-order valence-electron chi connectivity index (χ1n) is 8.65. The Morgan fingerprint density at radius 1 is 1.16 bits per heavy atom. The van der Waals surface area contributed by atoms with Crippen LogP contribution in [0.4, 0.5) is 4.79 Å². The molecule has 7 nitrogen and oxygen atoms in total. The van der Waals surface area contributed by atoms with Crippen LogP contribution in [0, 0.1) is 0 Å². The zero-order valence-electron chi connectivity index (χ0n) is 14.4. The summed E-state index contributed by atoms with van der Waals surface area (Å²) < 4.78 is 10.4. The summed E-state index contributed by atoms with van der Waals surface area (Å²) in [5, 5.41) is 10.1. The third-order valence-corrected chi connectivity index (χ3v) is 4.79. The second-order valence-electron chi connectivity index (χ2n) is 6.42. The minimum atomic E-state index is -0.972. The predicted octanol–water partition coefficient (Wildman–Crippen LogP) is 1.74. The van der Waals surface area contributed by atoms with Gasteiger partial charge in [-0.15, -0.1) is 0 Å². The molecule has 1 aromatic rings. The van der Waals surface area contributed by atoms with Crippen LogP contribution in [0.3, 0.4) is 0 Å². The fraction of sp³-hybridized carbons (Fsp3) is 0.556. The summed E-state index contributed by atoms with van der Waals surface area (Å²) >= 11 is 0. The summed E-state index contributed by atoms with van der Waals surface area (Å²) in [5.74, 6) is 0.636. The molecule has 0 bridgehead atoms. The standard InChI is InChI=1S/C18H24N2O5/c1-24-14-6-4-13(5-7-14)12-25-18(23)20-15(8-9-16(20)21)17(22)19-10-2-3-11-19/h4-7,15-16,21H,2-3,8-12H2,1H3. The van der Waals surface area contributed by atoms with Crippen LogP contribution in [0.5, 0.6) is 5.75 Å². The molecular formula is C18H24N2O5. The topological polar surface area (TPSA) is 79.3 Å². The number of carbonyl (C=O) groups excluding carboxylic acids is 2. The molecule has 0 aromatic heterocycles. The summed E-state index contributed by atoms with van der Waals surface area (Å²) in [6.07, 6.45) is 1.21. The van der Waals surface area contributed by atoms with Crippen LogP contribution in [-0.4, -0.2) is 59.4 Å². The highest BCUT2D eigenvalue weighted by Crippen LogP contribution is 2.26. The van der Waals surface area contributed by atoms with Crippen molar-refractivity contribution in [2.75, 3.05) is 20.2 Å². The number of aliphatic hydroxyl groups is 1. The fourth-order valence-electron chi connectivity index (χ4n) is 3.37. The van der Waals surface area contributed by atoms with Gasteiger partial charge in [0, 0.05) is 13.1 Å². The van der Waals surface area contributed by atoms with Gasteiger partial charge < -0.3 is 19.5 Å². The Bertz CT molecular complexity index is 612. The third-order valence-electron chi connectivity index (χ3n) is 4.79. The lowest BCUT2D eigenvalue weighted by Gasteiger charge is -2.29. The minimum Gasteiger partial charge on any atom is -0.497 e. The number of benzene rings is 1. The molecule has 1 N–H and O–H groups in total. The Balaban J connectivity index is 1.60. The number of methoxy groups -OCH3 is 1. The van der Waals surface area contributed by atoms with Crippen LogP contribution >= 0.6 is 0 Å². The van der Waals surface area contributed by atoms with Gasteiger partial charge in [0.15, 0.2) is 0 Å². The van der Waals surface area contributed by atoms with E-state index in [4.69, 9.17) is 9.47 Å². The van der Waals surface area contributed by atoms with Gasteiger partial charge in [-0.1, -0.05) is 12.1 Å². The highest BCUT2D eigenvalue weighted by atomic mass is 16.6. The van der Waals surface area contributed by atoms with E-state index in [0.29, 0.717) is 12.8 Å². The lowest BCUT2D eigenvalue weighted by atomic mass is 10.2. The molecule has 2 aliphatic heterocycles. The molecule has 1 aromatic carbocycles. The average Bonchev–Trinajstić information content (AvgIpc) is 3.29. The Morgan fingerprint density at radius 2 is 1.84 bits per heavy atom. The van der Waals surface area contributed by atoms with Gasteiger partial charge in [0.2, 0.25) is 5.91 Å². The monoisotopic (exact) mass is 348 g/mol. The molecule has 0 saturated carbocycles. The summed E-state index contributed by atoms with van der Waals surface area (Å²) in [5.41, 5.74) is 0.810. The Labute approximate surface area is 147 Å². The molecule has 7 heteroatoms.